The maximum absolute atomic E-state index is 12.5. The van der Waals surface area contributed by atoms with Crippen LogP contribution in [0.4, 0.5) is 0 Å². The van der Waals surface area contributed by atoms with Crippen molar-refractivity contribution in [1.82, 2.24) is 4.90 Å². The van der Waals surface area contributed by atoms with Crippen molar-refractivity contribution < 1.29 is 14.3 Å². The van der Waals surface area contributed by atoms with E-state index in [1.807, 2.05) is 23.1 Å². The van der Waals surface area contributed by atoms with Gasteiger partial charge in [-0.2, -0.15) is 0 Å². The molecule has 146 valence electrons. The van der Waals surface area contributed by atoms with E-state index in [1.165, 1.54) is 0 Å². The van der Waals surface area contributed by atoms with E-state index < -0.39 is 0 Å². The molecule has 26 heavy (non-hydrogen) atoms. The number of likely N-dealkylation sites (tertiary alicyclic amines) is 1. The van der Waals surface area contributed by atoms with Crippen molar-refractivity contribution in [1.29, 1.82) is 0 Å². The lowest BCUT2D eigenvalue weighted by atomic mass is 9.79. The minimum atomic E-state index is -0.00457. The van der Waals surface area contributed by atoms with Gasteiger partial charge in [0.05, 0.1) is 13.2 Å². The molecule has 0 bridgehead atoms. The fourth-order valence-electron chi connectivity index (χ4n) is 3.23. The molecule has 2 heterocycles. The van der Waals surface area contributed by atoms with Crippen molar-refractivity contribution in [3.63, 3.8) is 0 Å². The van der Waals surface area contributed by atoms with Gasteiger partial charge < -0.3 is 20.1 Å². The second-order valence-corrected chi connectivity index (χ2v) is 8.62. The van der Waals surface area contributed by atoms with E-state index in [2.05, 4.69) is 13.8 Å². The van der Waals surface area contributed by atoms with Crippen molar-refractivity contribution in [3.05, 3.63) is 18.2 Å². The monoisotopic (exact) mass is 400 g/mol. The molecule has 1 amide bonds. The van der Waals surface area contributed by atoms with Crippen molar-refractivity contribution in [2.75, 3.05) is 32.1 Å². The Balaban J connectivity index is 0.00000243. The summed E-state index contributed by atoms with van der Waals surface area (Å²) in [6.07, 6.45) is 2.33. The smallest absolute Gasteiger partial charge is 0.223 e. The Morgan fingerprint density at radius 2 is 2.04 bits per heavy atom. The number of nitrogens with zero attached hydrogens (tertiary/aromatic N) is 1. The van der Waals surface area contributed by atoms with Crippen molar-refractivity contribution in [2.24, 2.45) is 11.1 Å². The maximum Gasteiger partial charge on any atom is 0.223 e. The Morgan fingerprint density at radius 1 is 1.31 bits per heavy atom. The van der Waals surface area contributed by atoms with Crippen LogP contribution in [0.1, 0.15) is 33.1 Å². The average molecular weight is 401 g/mol. The third-order valence-electron chi connectivity index (χ3n) is 4.97. The summed E-state index contributed by atoms with van der Waals surface area (Å²) in [4.78, 5) is 15.6. The first-order valence-corrected chi connectivity index (χ1v) is 10.00. The summed E-state index contributed by atoms with van der Waals surface area (Å²) in [6.45, 7) is 7.20. The first kappa shape index (κ1) is 21.2. The molecule has 1 fully saturated rings. The van der Waals surface area contributed by atoms with Gasteiger partial charge in [0.1, 0.15) is 0 Å². The van der Waals surface area contributed by atoms with Crippen LogP contribution in [-0.4, -0.2) is 48.9 Å². The number of hydrogen-bond donors (Lipinski definition) is 1. The van der Waals surface area contributed by atoms with Crippen LogP contribution >= 0.6 is 24.2 Å². The molecule has 0 spiro atoms. The number of halogens is 1. The van der Waals surface area contributed by atoms with Crippen LogP contribution in [0.3, 0.4) is 0 Å². The molecule has 0 aliphatic carbocycles. The number of ether oxygens (including phenoxy) is 2. The van der Waals surface area contributed by atoms with E-state index in [-0.39, 0.29) is 29.8 Å². The summed E-state index contributed by atoms with van der Waals surface area (Å²) in [5.41, 5.74) is 6.15. The average Bonchev–Trinajstić information content (AvgIpc) is 2.82. The largest absolute Gasteiger partial charge is 0.490 e. The molecule has 2 N–H and O–H groups in total. The Hall–Kier alpha value is -1.11. The molecule has 1 aromatic rings. The molecule has 0 saturated carbocycles. The van der Waals surface area contributed by atoms with Crippen LogP contribution in [0.15, 0.2) is 23.1 Å². The lowest BCUT2D eigenvalue weighted by molar-refractivity contribution is -0.134. The molecule has 1 saturated heterocycles. The first-order valence-electron chi connectivity index (χ1n) is 9.01. The number of benzene rings is 1. The summed E-state index contributed by atoms with van der Waals surface area (Å²) in [5.74, 6) is 2.61. The second-order valence-electron chi connectivity index (χ2n) is 7.46. The van der Waals surface area contributed by atoms with Crippen LogP contribution in [-0.2, 0) is 4.79 Å². The normalized spacial score (nSPS) is 21.5. The van der Waals surface area contributed by atoms with Gasteiger partial charge in [0.2, 0.25) is 5.91 Å². The molecular formula is C19H29ClN2O3S. The molecule has 1 aromatic carbocycles. The lowest BCUT2D eigenvalue weighted by Gasteiger charge is -2.42. The van der Waals surface area contributed by atoms with Gasteiger partial charge in [-0.3, -0.25) is 4.79 Å². The standard InChI is InChI=1S/C19H28N2O3S.ClH/c1-19(2)13-21(8-6-17(19)20)18(22)7-11-25-14-4-5-15-16(12-14)24-10-3-9-23-15;/h4-5,12,17H,3,6-11,13,20H2,1-2H3;1H. The highest BCUT2D eigenvalue weighted by molar-refractivity contribution is 7.99. The third-order valence-corrected chi connectivity index (χ3v) is 5.96. The molecule has 1 unspecified atom stereocenters. The van der Waals surface area contributed by atoms with Gasteiger partial charge in [-0.25, -0.2) is 0 Å². The van der Waals surface area contributed by atoms with E-state index in [1.54, 1.807) is 11.8 Å². The number of fused-ring (bicyclic) bond motifs is 1. The van der Waals surface area contributed by atoms with Crippen LogP contribution in [0.25, 0.3) is 0 Å². The Labute approximate surface area is 166 Å². The zero-order valence-corrected chi connectivity index (χ0v) is 17.2. The molecule has 7 heteroatoms. The SMILES string of the molecule is CC1(C)CN(C(=O)CCSc2ccc3c(c2)OCCCO3)CCC1N.Cl. The predicted molar refractivity (Wildman–Crippen MR) is 108 cm³/mol. The second kappa shape index (κ2) is 9.20. The topological polar surface area (TPSA) is 64.8 Å². The lowest BCUT2D eigenvalue weighted by Crippen LogP contribution is -2.54. The molecule has 2 aliphatic heterocycles. The van der Waals surface area contributed by atoms with E-state index in [0.29, 0.717) is 19.6 Å². The van der Waals surface area contributed by atoms with Crippen LogP contribution in [0.5, 0.6) is 11.5 Å². The molecule has 2 aliphatic rings. The molecule has 0 radical (unpaired) electrons. The highest BCUT2D eigenvalue weighted by Gasteiger charge is 2.35. The quantitative estimate of drug-likeness (QED) is 0.785. The minimum absolute atomic E-state index is 0. The van der Waals surface area contributed by atoms with Crippen LogP contribution in [0, 0.1) is 5.41 Å². The van der Waals surface area contributed by atoms with Crippen LogP contribution < -0.4 is 15.2 Å². The van der Waals surface area contributed by atoms with Gasteiger partial charge in [0.25, 0.3) is 0 Å². The number of amides is 1. The number of hydrogen-bond acceptors (Lipinski definition) is 5. The summed E-state index contributed by atoms with van der Waals surface area (Å²) < 4.78 is 11.4. The predicted octanol–water partition coefficient (Wildman–Crippen LogP) is 3.34. The van der Waals surface area contributed by atoms with E-state index >= 15 is 0 Å². The van der Waals surface area contributed by atoms with Gasteiger partial charge in [-0.05, 0) is 30.0 Å². The highest BCUT2D eigenvalue weighted by Crippen LogP contribution is 2.34. The number of nitrogens with two attached hydrogens (primary N) is 1. The molecule has 5 nitrogen and oxygen atoms in total. The number of carbonyl (C=O) groups excluding carboxylic acids is 1. The van der Waals surface area contributed by atoms with Gasteiger partial charge >= 0.3 is 0 Å². The van der Waals surface area contributed by atoms with Crippen molar-refractivity contribution >= 4 is 30.1 Å². The Kier molecular flexibility index (Phi) is 7.50. The molecule has 3 rings (SSSR count). The zero-order chi connectivity index (χ0) is 17.9. The maximum atomic E-state index is 12.5. The van der Waals surface area contributed by atoms with E-state index in [0.717, 1.165) is 48.1 Å². The molecule has 0 aromatic heterocycles. The fraction of sp³-hybridized carbons (Fsp3) is 0.632. The highest BCUT2D eigenvalue weighted by atomic mass is 35.5. The van der Waals surface area contributed by atoms with Crippen molar-refractivity contribution in [3.8, 4) is 11.5 Å². The third kappa shape index (κ3) is 5.21. The Bertz CT molecular complexity index is 627. The molecular weight excluding hydrogens is 372 g/mol. The summed E-state index contributed by atoms with van der Waals surface area (Å²) >= 11 is 1.69. The number of carbonyl (C=O) groups is 1. The summed E-state index contributed by atoms with van der Waals surface area (Å²) in [6, 6.07) is 6.18. The van der Waals surface area contributed by atoms with E-state index in [4.69, 9.17) is 15.2 Å². The number of piperidine rings is 1. The van der Waals surface area contributed by atoms with Gasteiger partial charge in [-0.1, -0.05) is 13.8 Å². The zero-order valence-electron chi connectivity index (χ0n) is 15.5. The minimum Gasteiger partial charge on any atom is -0.490 e. The van der Waals surface area contributed by atoms with E-state index in [9.17, 15) is 4.79 Å². The number of rotatable bonds is 4. The van der Waals surface area contributed by atoms with Gasteiger partial charge in [0.15, 0.2) is 11.5 Å². The van der Waals surface area contributed by atoms with Gasteiger partial charge in [-0.15, -0.1) is 24.2 Å². The summed E-state index contributed by atoms with van der Waals surface area (Å²) in [5, 5.41) is 0. The fourth-order valence-corrected chi connectivity index (χ4v) is 4.10. The van der Waals surface area contributed by atoms with Gasteiger partial charge in [0, 0.05) is 42.6 Å². The first-order chi connectivity index (χ1) is 12.0. The van der Waals surface area contributed by atoms with Crippen LogP contribution in [0.2, 0.25) is 0 Å². The molecule has 1 atom stereocenters. The number of thioether (sulfide) groups is 1. The Morgan fingerprint density at radius 3 is 2.77 bits per heavy atom. The summed E-state index contributed by atoms with van der Waals surface area (Å²) in [7, 11) is 0. The van der Waals surface area contributed by atoms with Crippen molar-refractivity contribution in [2.45, 2.75) is 44.0 Å².